The highest BCUT2D eigenvalue weighted by molar-refractivity contribution is 5.71. The Morgan fingerprint density at radius 2 is 1.93 bits per heavy atom. The summed E-state index contributed by atoms with van der Waals surface area (Å²) in [6, 6.07) is 5.54. The van der Waals surface area contributed by atoms with Crippen molar-refractivity contribution in [2.75, 3.05) is 24.8 Å². The van der Waals surface area contributed by atoms with Gasteiger partial charge in [0, 0.05) is 26.2 Å². The van der Waals surface area contributed by atoms with E-state index in [1.54, 1.807) is 6.33 Å². The third-order valence-electron chi connectivity index (χ3n) is 6.47. The summed E-state index contributed by atoms with van der Waals surface area (Å²) in [5.41, 5.74) is 1.63. The van der Waals surface area contributed by atoms with Crippen LogP contribution in [0.5, 0.6) is 17.2 Å². The number of benzene rings is 1. The molecule has 1 N–H and O–H groups in total. The number of ether oxygens (including phenoxy) is 3. The Kier molecular flexibility index (Phi) is 3.98. The zero-order chi connectivity index (χ0) is 20.2. The average molecular weight is 409 g/mol. The van der Waals surface area contributed by atoms with Crippen LogP contribution in [0.2, 0.25) is 0 Å². The van der Waals surface area contributed by atoms with E-state index in [0.29, 0.717) is 41.4 Å². The highest BCUT2D eigenvalue weighted by atomic mass is 16.7. The molecule has 9 nitrogen and oxygen atoms in total. The minimum absolute atomic E-state index is 0.233. The lowest BCUT2D eigenvalue weighted by molar-refractivity contribution is -0.0232. The molecule has 3 aliphatic rings. The molecule has 0 spiro atoms. The molecule has 0 unspecified atom stereocenters. The van der Waals surface area contributed by atoms with Crippen molar-refractivity contribution in [2.45, 2.75) is 25.0 Å². The van der Waals surface area contributed by atoms with Gasteiger partial charge in [-0.05, 0) is 36.8 Å². The van der Waals surface area contributed by atoms with Gasteiger partial charge in [-0.3, -0.25) is 0 Å². The number of hydrogen-bond acceptors (Lipinski definition) is 8. The molecule has 30 heavy (non-hydrogen) atoms. The number of fused-ring (bicyclic) bond motifs is 3. The van der Waals surface area contributed by atoms with Gasteiger partial charge in [-0.15, -0.1) is 0 Å². The van der Waals surface area contributed by atoms with Gasteiger partial charge >= 0.3 is 0 Å². The molecule has 2 aromatic heterocycles. The van der Waals surface area contributed by atoms with Crippen molar-refractivity contribution in [3.63, 3.8) is 0 Å². The van der Waals surface area contributed by atoms with Gasteiger partial charge < -0.3 is 28.8 Å². The van der Waals surface area contributed by atoms with E-state index in [-0.39, 0.29) is 12.9 Å². The summed E-state index contributed by atoms with van der Waals surface area (Å²) in [5.74, 6) is 3.64. The summed E-state index contributed by atoms with van der Waals surface area (Å²) in [6.45, 7) is 1.93. The zero-order valence-corrected chi connectivity index (χ0v) is 16.6. The van der Waals surface area contributed by atoms with Crippen LogP contribution in [0.15, 0.2) is 30.7 Å². The molecule has 6 rings (SSSR count). The Labute approximate surface area is 173 Å². The van der Waals surface area contributed by atoms with Gasteiger partial charge in [-0.2, -0.15) is 4.98 Å². The minimum atomic E-state index is -0.504. The Morgan fingerprint density at radius 3 is 2.83 bits per heavy atom. The number of nitrogens with zero attached hydrogens (tertiary/aromatic N) is 5. The van der Waals surface area contributed by atoms with Crippen LogP contribution >= 0.6 is 0 Å². The number of imidazole rings is 1. The number of rotatable bonds is 3. The average Bonchev–Trinajstić information content (AvgIpc) is 3.46. The molecule has 156 valence electrons. The first-order chi connectivity index (χ1) is 14.6. The number of aliphatic hydroxyl groups excluding tert-OH is 1. The summed E-state index contributed by atoms with van der Waals surface area (Å²) in [6.07, 6.45) is 4.33. The molecule has 1 saturated carbocycles. The third kappa shape index (κ3) is 2.92. The molecular formula is C21H23N5O4. The molecule has 0 amide bonds. The molecule has 9 heteroatoms. The van der Waals surface area contributed by atoms with E-state index in [9.17, 15) is 5.11 Å². The molecule has 4 heterocycles. The second kappa shape index (κ2) is 6.73. The lowest BCUT2D eigenvalue weighted by Gasteiger charge is -2.35. The molecule has 0 bridgehead atoms. The maximum absolute atomic E-state index is 10.7. The molecule has 1 aromatic carbocycles. The van der Waals surface area contributed by atoms with E-state index in [4.69, 9.17) is 14.2 Å². The van der Waals surface area contributed by atoms with E-state index < -0.39 is 6.10 Å². The van der Waals surface area contributed by atoms with Gasteiger partial charge in [-0.1, -0.05) is 0 Å². The lowest BCUT2D eigenvalue weighted by Crippen LogP contribution is -2.42. The van der Waals surface area contributed by atoms with Crippen LogP contribution in [0.3, 0.4) is 0 Å². The van der Waals surface area contributed by atoms with E-state index in [2.05, 4.69) is 19.9 Å². The van der Waals surface area contributed by atoms with Crippen LogP contribution in [0.25, 0.3) is 11.2 Å². The number of aromatic nitrogens is 4. The highest BCUT2D eigenvalue weighted by Gasteiger charge is 2.43. The van der Waals surface area contributed by atoms with Gasteiger partial charge in [0.15, 0.2) is 17.1 Å². The molecule has 1 aliphatic carbocycles. The SMILES string of the molecule is Cn1cnc2nc(N3C[C@H]4C[C@@H](Oc5ccc6c(c5)OCO6)[C@H](O)C[C@H]4C3)ncc21. The maximum Gasteiger partial charge on any atom is 0.231 e. The van der Waals surface area contributed by atoms with Crippen LogP contribution in [0.4, 0.5) is 5.95 Å². The van der Waals surface area contributed by atoms with Crippen molar-refractivity contribution in [3.8, 4) is 17.2 Å². The predicted octanol–water partition coefficient (Wildman–Crippen LogP) is 1.75. The number of hydrogen-bond donors (Lipinski definition) is 1. The smallest absolute Gasteiger partial charge is 0.231 e. The molecular weight excluding hydrogens is 386 g/mol. The fourth-order valence-corrected chi connectivity index (χ4v) is 4.86. The summed E-state index contributed by atoms with van der Waals surface area (Å²) in [7, 11) is 1.93. The monoisotopic (exact) mass is 409 g/mol. The first-order valence-corrected chi connectivity index (χ1v) is 10.3. The number of aliphatic hydroxyl groups is 1. The Bertz CT molecular complexity index is 1100. The van der Waals surface area contributed by atoms with Gasteiger partial charge in [0.2, 0.25) is 12.7 Å². The van der Waals surface area contributed by atoms with Crippen LogP contribution in [-0.2, 0) is 7.05 Å². The minimum Gasteiger partial charge on any atom is -0.488 e. The first kappa shape index (κ1) is 17.8. The Hall–Kier alpha value is -3.07. The van der Waals surface area contributed by atoms with Crippen LogP contribution in [0.1, 0.15) is 12.8 Å². The Balaban J connectivity index is 1.17. The van der Waals surface area contributed by atoms with Crippen molar-refractivity contribution in [1.82, 2.24) is 19.5 Å². The van der Waals surface area contributed by atoms with E-state index >= 15 is 0 Å². The largest absolute Gasteiger partial charge is 0.488 e. The summed E-state index contributed by atoms with van der Waals surface area (Å²) >= 11 is 0. The first-order valence-electron chi connectivity index (χ1n) is 10.3. The quantitative estimate of drug-likeness (QED) is 0.699. The standard InChI is InChI=1S/C21H23N5O4/c1-25-10-23-20-15(25)7-22-21(24-20)26-8-12-4-16(27)18(5-13(12)9-26)30-14-2-3-17-19(6-14)29-11-28-17/h2-3,6-7,10,12-13,16,18,27H,4-5,8-9,11H2,1H3/t12-,13+,16+,18+/m0/s1. The summed E-state index contributed by atoms with van der Waals surface area (Å²) in [4.78, 5) is 15.7. The van der Waals surface area contributed by atoms with Gasteiger partial charge in [-0.25, -0.2) is 9.97 Å². The molecule has 1 saturated heterocycles. The normalized spacial score (nSPS) is 27.5. The third-order valence-corrected chi connectivity index (χ3v) is 6.47. The Morgan fingerprint density at radius 1 is 1.10 bits per heavy atom. The van der Waals surface area contributed by atoms with Crippen LogP contribution < -0.4 is 19.1 Å². The van der Waals surface area contributed by atoms with Crippen LogP contribution in [0, 0.1) is 11.8 Å². The summed E-state index contributed by atoms with van der Waals surface area (Å²) < 4.78 is 18.8. The van der Waals surface area contributed by atoms with Crippen molar-refractivity contribution in [3.05, 3.63) is 30.7 Å². The van der Waals surface area contributed by atoms with E-state index in [1.165, 1.54) is 0 Å². The molecule has 2 aliphatic heterocycles. The molecule has 0 radical (unpaired) electrons. The molecule has 3 aromatic rings. The second-order valence-corrected chi connectivity index (χ2v) is 8.37. The van der Waals surface area contributed by atoms with Crippen molar-refractivity contribution >= 4 is 17.1 Å². The number of anilines is 1. The molecule has 2 fully saturated rings. The van der Waals surface area contributed by atoms with Crippen molar-refractivity contribution in [1.29, 1.82) is 0 Å². The maximum atomic E-state index is 10.7. The van der Waals surface area contributed by atoms with E-state index in [1.807, 2.05) is 36.0 Å². The molecule has 4 atom stereocenters. The van der Waals surface area contributed by atoms with Crippen molar-refractivity contribution in [2.24, 2.45) is 18.9 Å². The number of aryl methyl sites for hydroxylation is 1. The fourth-order valence-electron chi connectivity index (χ4n) is 4.86. The van der Waals surface area contributed by atoms with Crippen molar-refractivity contribution < 1.29 is 19.3 Å². The zero-order valence-electron chi connectivity index (χ0n) is 16.6. The topological polar surface area (TPSA) is 94.8 Å². The fraction of sp³-hybridized carbons (Fsp3) is 0.476. The predicted molar refractivity (Wildman–Crippen MR) is 108 cm³/mol. The van der Waals surface area contributed by atoms with Gasteiger partial charge in [0.25, 0.3) is 0 Å². The lowest BCUT2D eigenvalue weighted by atomic mass is 9.78. The summed E-state index contributed by atoms with van der Waals surface area (Å²) in [5, 5.41) is 10.7. The van der Waals surface area contributed by atoms with Gasteiger partial charge in [0.1, 0.15) is 17.4 Å². The highest BCUT2D eigenvalue weighted by Crippen LogP contribution is 2.40. The second-order valence-electron chi connectivity index (χ2n) is 8.37. The van der Waals surface area contributed by atoms with Crippen LogP contribution in [-0.4, -0.2) is 56.7 Å². The van der Waals surface area contributed by atoms with Gasteiger partial charge in [0.05, 0.1) is 18.6 Å². The van der Waals surface area contributed by atoms with E-state index in [0.717, 1.165) is 30.8 Å².